The number of nitrogens with zero attached hydrogens (tertiary/aromatic N) is 2. The number of hydrogen-bond donors (Lipinski definition) is 2. The van der Waals surface area contributed by atoms with Gasteiger partial charge in [0, 0.05) is 0 Å². The minimum Gasteiger partial charge on any atom is -0.374 e. The van der Waals surface area contributed by atoms with Crippen LogP contribution in [0.2, 0.25) is 0 Å². The van der Waals surface area contributed by atoms with Crippen LogP contribution in [0, 0.1) is 0 Å². The van der Waals surface area contributed by atoms with Gasteiger partial charge >= 0.3 is 0 Å². The van der Waals surface area contributed by atoms with Gasteiger partial charge in [0.1, 0.15) is 5.01 Å². The number of anilines is 1. The molecule has 1 fully saturated rings. The molecule has 1 saturated heterocycles. The predicted molar refractivity (Wildman–Crippen MR) is 44.3 cm³/mol. The van der Waals surface area contributed by atoms with E-state index in [0.717, 1.165) is 18.0 Å². The fourth-order valence-electron chi connectivity index (χ4n) is 1.28. The Morgan fingerprint density at radius 1 is 1.55 bits per heavy atom. The summed E-state index contributed by atoms with van der Waals surface area (Å²) in [5, 5.41) is 12.7. The summed E-state index contributed by atoms with van der Waals surface area (Å²) in [7, 11) is 0. The van der Waals surface area contributed by atoms with E-state index in [9.17, 15) is 0 Å². The molecule has 0 saturated carbocycles. The molecule has 1 aliphatic rings. The molecule has 0 spiro atoms. The molecule has 0 unspecified atom stereocenters. The largest absolute Gasteiger partial charge is 0.374 e. The van der Waals surface area contributed by atoms with Gasteiger partial charge in [0.25, 0.3) is 0 Å². The average molecular weight is 170 g/mol. The van der Waals surface area contributed by atoms with Gasteiger partial charge in [0.05, 0.1) is 6.04 Å². The van der Waals surface area contributed by atoms with Gasteiger partial charge in [-0.25, -0.2) is 0 Å². The highest BCUT2D eigenvalue weighted by Crippen LogP contribution is 2.26. The first-order chi connectivity index (χ1) is 5.36. The number of rotatable bonds is 1. The Morgan fingerprint density at radius 2 is 2.45 bits per heavy atom. The van der Waals surface area contributed by atoms with Crippen LogP contribution in [-0.4, -0.2) is 16.7 Å². The molecule has 1 aromatic rings. The Morgan fingerprint density at radius 3 is 3.00 bits per heavy atom. The quantitative estimate of drug-likeness (QED) is 0.646. The Bertz CT molecular complexity index is 240. The topological polar surface area (TPSA) is 63.8 Å². The molecule has 0 radical (unpaired) electrons. The summed E-state index contributed by atoms with van der Waals surface area (Å²) in [6, 6.07) is 0.407. The van der Waals surface area contributed by atoms with Gasteiger partial charge in [-0.15, -0.1) is 10.2 Å². The van der Waals surface area contributed by atoms with E-state index in [4.69, 9.17) is 5.73 Å². The number of hydrogen-bond acceptors (Lipinski definition) is 5. The molecule has 1 atom stereocenters. The lowest BCUT2D eigenvalue weighted by Crippen LogP contribution is -2.12. The van der Waals surface area contributed by atoms with Crippen molar-refractivity contribution in [3.8, 4) is 0 Å². The van der Waals surface area contributed by atoms with E-state index in [1.165, 1.54) is 17.8 Å². The summed E-state index contributed by atoms with van der Waals surface area (Å²) < 4.78 is 0. The standard InChI is InChI=1S/C6H10N4S/c7-6-10-9-5(11-6)4-2-1-3-8-4/h4,8H,1-3H2,(H2,7,10)/t4-/m1/s1. The molecule has 2 rings (SSSR count). The Labute approximate surface area is 68.8 Å². The van der Waals surface area contributed by atoms with Crippen LogP contribution in [0.15, 0.2) is 0 Å². The van der Waals surface area contributed by atoms with Crippen molar-refractivity contribution in [2.75, 3.05) is 12.3 Å². The van der Waals surface area contributed by atoms with Crippen LogP contribution in [0.1, 0.15) is 23.9 Å². The highest BCUT2D eigenvalue weighted by molar-refractivity contribution is 7.15. The highest BCUT2D eigenvalue weighted by Gasteiger charge is 2.19. The average Bonchev–Trinajstić information content (AvgIpc) is 2.55. The number of nitrogens with two attached hydrogens (primary N) is 1. The van der Waals surface area contributed by atoms with Crippen LogP contribution in [0.25, 0.3) is 0 Å². The molecule has 2 heterocycles. The zero-order valence-corrected chi connectivity index (χ0v) is 6.90. The molecule has 60 valence electrons. The van der Waals surface area contributed by atoms with E-state index >= 15 is 0 Å². The smallest absolute Gasteiger partial charge is 0.203 e. The Hall–Kier alpha value is -0.680. The van der Waals surface area contributed by atoms with Crippen molar-refractivity contribution in [2.45, 2.75) is 18.9 Å². The van der Waals surface area contributed by atoms with Gasteiger partial charge in [0.2, 0.25) is 5.13 Å². The van der Waals surface area contributed by atoms with Crippen LogP contribution >= 0.6 is 11.3 Å². The van der Waals surface area contributed by atoms with Crippen molar-refractivity contribution in [2.24, 2.45) is 0 Å². The molecule has 3 N–H and O–H groups in total. The van der Waals surface area contributed by atoms with Crippen LogP contribution in [0.5, 0.6) is 0 Å². The summed E-state index contributed by atoms with van der Waals surface area (Å²) in [6.07, 6.45) is 2.39. The lowest BCUT2D eigenvalue weighted by atomic mass is 10.2. The van der Waals surface area contributed by atoms with Crippen LogP contribution in [-0.2, 0) is 0 Å². The summed E-state index contributed by atoms with van der Waals surface area (Å²) in [5.74, 6) is 0. The van der Waals surface area contributed by atoms with Gasteiger partial charge in [-0.2, -0.15) is 0 Å². The first kappa shape index (κ1) is 7.00. The van der Waals surface area contributed by atoms with E-state index in [1.807, 2.05) is 0 Å². The number of aromatic nitrogens is 2. The second-order valence-electron chi connectivity index (χ2n) is 2.63. The van der Waals surface area contributed by atoms with Crippen molar-refractivity contribution >= 4 is 16.5 Å². The van der Waals surface area contributed by atoms with E-state index in [-0.39, 0.29) is 0 Å². The maximum Gasteiger partial charge on any atom is 0.203 e. The second kappa shape index (κ2) is 2.75. The van der Waals surface area contributed by atoms with Crippen LogP contribution in [0.3, 0.4) is 0 Å². The maximum absolute atomic E-state index is 5.46. The first-order valence-electron chi connectivity index (χ1n) is 3.68. The maximum atomic E-state index is 5.46. The van der Waals surface area contributed by atoms with Crippen LogP contribution in [0.4, 0.5) is 5.13 Å². The molecule has 0 aromatic carbocycles. The van der Waals surface area contributed by atoms with Gasteiger partial charge < -0.3 is 11.1 Å². The Balaban J connectivity index is 2.15. The Kier molecular flexibility index (Phi) is 1.75. The monoisotopic (exact) mass is 170 g/mol. The molecular formula is C6H10N4S. The molecule has 0 amide bonds. The van der Waals surface area contributed by atoms with Gasteiger partial charge in [-0.1, -0.05) is 11.3 Å². The van der Waals surface area contributed by atoms with Crippen molar-refractivity contribution in [1.82, 2.24) is 15.5 Å². The molecule has 4 nitrogen and oxygen atoms in total. The summed E-state index contributed by atoms with van der Waals surface area (Å²) in [5.41, 5.74) is 5.46. The fraction of sp³-hybridized carbons (Fsp3) is 0.667. The molecule has 0 aliphatic carbocycles. The molecule has 0 bridgehead atoms. The third-order valence-corrected chi connectivity index (χ3v) is 2.68. The SMILES string of the molecule is Nc1nnc([C@H]2CCCN2)s1. The van der Waals surface area contributed by atoms with E-state index in [2.05, 4.69) is 15.5 Å². The summed E-state index contributed by atoms with van der Waals surface area (Å²) >= 11 is 1.48. The normalized spacial score (nSPS) is 24.2. The number of nitrogen functional groups attached to an aromatic ring is 1. The number of nitrogens with one attached hydrogen (secondary N) is 1. The lowest BCUT2D eigenvalue weighted by Gasteiger charge is -2.02. The van der Waals surface area contributed by atoms with Crippen molar-refractivity contribution in [3.05, 3.63) is 5.01 Å². The van der Waals surface area contributed by atoms with Gasteiger partial charge in [0.15, 0.2) is 0 Å². The zero-order chi connectivity index (χ0) is 7.68. The minimum absolute atomic E-state index is 0.407. The molecular weight excluding hydrogens is 160 g/mol. The van der Waals surface area contributed by atoms with E-state index in [0.29, 0.717) is 11.2 Å². The van der Waals surface area contributed by atoms with E-state index in [1.54, 1.807) is 0 Å². The summed E-state index contributed by atoms with van der Waals surface area (Å²) in [4.78, 5) is 0. The highest BCUT2D eigenvalue weighted by atomic mass is 32.1. The van der Waals surface area contributed by atoms with Crippen molar-refractivity contribution in [1.29, 1.82) is 0 Å². The zero-order valence-electron chi connectivity index (χ0n) is 6.08. The molecule has 5 heteroatoms. The molecule has 1 aliphatic heterocycles. The second-order valence-corrected chi connectivity index (χ2v) is 3.67. The molecule has 1 aromatic heterocycles. The predicted octanol–water partition coefficient (Wildman–Crippen LogP) is 0.545. The van der Waals surface area contributed by atoms with Crippen molar-refractivity contribution < 1.29 is 0 Å². The summed E-state index contributed by atoms with van der Waals surface area (Å²) in [6.45, 7) is 1.09. The third-order valence-electron chi connectivity index (χ3n) is 1.81. The van der Waals surface area contributed by atoms with Crippen molar-refractivity contribution in [3.63, 3.8) is 0 Å². The molecule has 11 heavy (non-hydrogen) atoms. The van der Waals surface area contributed by atoms with Gasteiger partial charge in [-0.05, 0) is 19.4 Å². The first-order valence-corrected chi connectivity index (χ1v) is 4.50. The third kappa shape index (κ3) is 1.34. The van der Waals surface area contributed by atoms with Crippen LogP contribution < -0.4 is 11.1 Å². The fourth-order valence-corrected chi connectivity index (χ4v) is 2.00. The minimum atomic E-state index is 0.407. The van der Waals surface area contributed by atoms with Gasteiger partial charge in [-0.3, -0.25) is 0 Å². The lowest BCUT2D eigenvalue weighted by molar-refractivity contribution is 0.635. The van der Waals surface area contributed by atoms with E-state index < -0.39 is 0 Å².